The van der Waals surface area contributed by atoms with Crippen molar-refractivity contribution in [3.8, 4) is 5.75 Å². The number of hydrogen-bond donors (Lipinski definition) is 1. The van der Waals surface area contributed by atoms with Gasteiger partial charge in [-0.3, -0.25) is 4.79 Å². The van der Waals surface area contributed by atoms with E-state index in [1.807, 2.05) is 0 Å². The molecule has 0 aliphatic heterocycles. The molecule has 1 amide bonds. The zero-order chi connectivity index (χ0) is 23.2. The molecule has 0 saturated carbocycles. The van der Waals surface area contributed by atoms with Crippen LogP contribution in [0.5, 0.6) is 5.75 Å². The molecule has 1 aromatic heterocycles. The number of ether oxygens (including phenoxy) is 1. The summed E-state index contributed by atoms with van der Waals surface area (Å²) in [5.41, 5.74) is 0.306. The first kappa shape index (κ1) is 25.0. The maximum Gasteiger partial charge on any atom is 0.573 e. The molecule has 170 valence electrons. The molecule has 1 atom stereocenters. The summed E-state index contributed by atoms with van der Waals surface area (Å²) in [6, 6.07) is 7.74. The average molecular weight is 478 g/mol. The zero-order valence-corrected chi connectivity index (χ0v) is 18.6. The van der Waals surface area contributed by atoms with Gasteiger partial charge in [-0.2, -0.15) is 4.31 Å². The van der Waals surface area contributed by atoms with E-state index in [0.717, 1.165) is 23.9 Å². The van der Waals surface area contributed by atoms with Crippen LogP contribution < -0.4 is 10.1 Å². The molecule has 2 aromatic rings. The van der Waals surface area contributed by atoms with E-state index in [4.69, 9.17) is 0 Å². The number of nitrogens with one attached hydrogen (secondary N) is 1. The fourth-order valence-electron chi connectivity index (χ4n) is 2.52. The average Bonchev–Trinajstić information content (AvgIpc) is 2.69. The van der Waals surface area contributed by atoms with E-state index in [1.165, 1.54) is 34.8 Å². The summed E-state index contributed by atoms with van der Waals surface area (Å²) in [4.78, 5) is 16.5. The van der Waals surface area contributed by atoms with Gasteiger partial charge in [0.15, 0.2) is 0 Å². The molecule has 0 spiro atoms. The summed E-state index contributed by atoms with van der Waals surface area (Å²) in [6.07, 6.45) is -3.54. The largest absolute Gasteiger partial charge is 0.573 e. The van der Waals surface area contributed by atoms with E-state index in [9.17, 15) is 26.4 Å². The number of nitrogens with zero attached hydrogens (tertiary/aromatic N) is 2. The Balaban J connectivity index is 1.98. The SMILES string of the molecule is CCN(CC)S(=O)(=O)c1ccc(S[C@@H](C)C(=O)Nc2ccc(OC(F)(F)F)cc2)nc1. The quantitative estimate of drug-likeness (QED) is 0.547. The van der Waals surface area contributed by atoms with Crippen molar-refractivity contribution in [2.75, 3.05) is 18.4 Å². The Morgan fingerprint density at radius 2 is 1.77 bits per heavy atom. The number of amides is 1. The first-order valence-electron chi connectivity index (χ1n) is 9.25. The van der Waals surface area contributed by atoms with E-state index in [-0.39, 0.29) is 4.90 Å². The highest BCUT2D eigenvalue weighted by molar-refractivity contribution is 8.00. The monoisotopic (exact) mass is 477 g/mol. The molecule has 0 fully saturated rings. The number of carbonyl (C=O) groups excluding carboxylic acids is 1. The minimum atomic E-state index is -4.79. The maximum absolute atomic E-state index is 12.5. The molecule has 2 rings (SSSR count). The molecule has 0 aliphatic rings. The topological polar surface area (TPSA) is 88.6 Å². The fourth-order valence-corrected chi connectivity index (χ4v) is 4.71. The lowest BCUT2D eigenvalue weighted by Crippen LogP contribution is -2.30. The number of alkyl halides is 3. The molecule has 0 bridgehead atoms. The Hall–Kier alpha value is -2.31. The number of anilines is 1. The minimum Gasteiger partial charge on any atom is -0.406 e. The van der Waals surface area contributed by atoms with E-state index in [1.54, 1.807) is 20.8 Å². The number of hydrogen-bond acceptors (Lipinski definition) is 6. The summed E-state index contributed by atoms with van der Waals surface area (Å²) in [6.45, 7) is 5.81. The predicted molar refractivity (Wildman–Crippen MR) is 111 cm³/mol. The normalized spacial score (nSPS) is 13.1. The van der Waals surface area contributed by atoms with Gasteiger partial charge in [-0.05, 0) is 43.3 Å². The molecular formula is C19H22F3N3O4S2. The second kappa shape index (κ2) is 10.3. The van der Waals surface area contributed by atoms with Crippen LogP contribution in [0.25, 0.3) is 0 Å². The van der Waals surface area contributed by atoms with Crippen LogP contribution in [-0.4, -0.2) is 48.3 Å². The standard InChI is InChI=1S/C19H22F3N3O4S2/c1-4-25(5-2)31(27,28)16-10-11-17(23-12-16)30-13(3)18(26)24-14-6-8-15(9-7-14)29-19(20,21)22/h6-13H,4-5H2,1-3H3,(H,24,26)/t13-/m0/s1. The summed E-state index contributed by atoms with van der Waals surface area (Å²) in [5.74, 6) is -0.784. The van der Waals surface area contributed by atoms with Crippen LogP contribution in [0.15, 0.2) is 52.5 Å². The van der Waals surface area contributed by atoms with Crippen molar-refractivity contribution in [1.82, 2.24) is 9.29 Å². The second-order valence-electron chi connectivity index (χ2n) is 6.24. The van der Waals surface area contributed by atoms with Gasteiger partial charge in [0.1, 0.15) is 10.6 Å². The van der Waals surface area contributed by atoms with E-state index >= 15 is 0 Å². The maximum atomic E-state index is 12.5. The van der Waals surface area contributed by atoms with Crippen LogP contribution in [0, 0.1) is 0 Å². The molecule has 1 N–H and O–H groups in total. The Morgan fingerprint density at radius 1 is 1.16 bits per heavy atom. The number of benzene rings is 1. The third kappa shape index (κ3) is 7.11. The molecule has 31 heavy (non-hydrogen) atoms. The van der Waals surface area contributed by atoms with Crippen LogP contribution in [0.3, 0.4) is 0 Å². The molecule has 0 unspecified atom stereocenters. The molecule has 0 aliphatic carbocycles. The summed E-state index contributed by atoms with van der Waals surface area (Å²) in [7, 11) is -3.62. The van der Waals surface area contributed by atoms with Crippen molar-refractivity contribution in [3.63, 3.8) is 0 Å². The number of halogens is 3. The van der Waals surface area contributed by atoms with Crippen LogP contribution in [0.1, 0.15) is 20.8 Å². The number of rotatable bonds is 9. The smallest absolute Gasteiger partial charge is 0.406 e. The number of carbonyl (C=O) groups is 1. The second-order valence-corrected chi connectivity index (χ2v) is 9.54. The summed E-state index contributed by atoms with van der Waals surface area (Å²) >= 11 is 1.12. The van der Waals surface area contributed by atoms with Crippen molar-refractivity contribution in [3.05, 3.63) is 42.6 Å². The lowest BCUT2D eigenvalue weighted by Gasteiger charge is -2.18. The van der Waals surface area contributed by atoms with Crippen LogP contribution in [0.2, 0.25) is 0 Å². The van der Waals surface area contributed by atoms with Crippen molar-refractivity contribution >= 4 is 33.4 Å². The molecule has 0 saturated heterocycles. The highest BCUT2D eigenvalue weighted by atomic mass is 32.2. The van der Waals surface area contributed by atoms with E-state index < -0.39 is 33.3 Å². The van der Waals surface area contributed by atoms with E-state index in [2.05, 4.69) is 15.0 Å². The zero-order valence-electron chi connectivity index (χ0n) is 17.0. The molecule has 12 heteroatoms. The van der Waals surface area contributed by atoms with Gasteiger partial charge in [0.25, 0.3) is 0 Å². The van der Waals surface area contributed by atoms with Crippen LogP contribution in [0.4, 0.5) is 18.9 Å². The van der Waals surface area contributed by atoms with Crippen molar-refractivity contribution < 1.29 is 31.1 Å². The Labute approximate surface area is 183 Å². The highest BCUT2D eigenvalue weighted by Crippen LogP contribution is 2.26. The number of thioether (sulfide) groups is 1. The summed E-state index contributed by atoms with van der Waals surface area (Å²) < 4.78 is 66.6. The molecule has 1 heterocycles. The lowest BCUT2D eigenvalue weighted by molar-refractivity contribution is -0.274. The van der Waals surface area contributed by atoms with Gasteiger partial charge in [-0.25, -0.2) is 13.4 Å². The third-order valence-corrected chi connectivity index (χ3v) is 7.16. The first-order chi connectivity index (χ1) is 14.5. The van der Waals surface area contributed by atoms with Crippen molar-refractivity contribution in [2.45, 2.75) is 42.3 Å². The minimum absolute atomic E-state index is 0.0684. The van der Waals surface area contributed by atoms with Crippen LogP contribution >= 0.6 is 11.8 Å². The Bertz CT molecular complexity index is 978. The number of aromatic nitrogens is 1. The Morgan fingerprint density at radius 3 is 2.26 bits per heavy atom. The highest BCUT2D eigenvalue weighted by Gasteiger charge is 2.31. The van der Waals surface area contributed by atoms with Gasteiger partial charge in [0, 0.05) is 25.0 Å². The van der Waals surface area contributed by atoms with Crippen molar-refractivity contribution in [1.29, 1.82) is 0 Å². The Kier molecular flexibility index (Phi) is 8.32. The van der Waals surface area contributed by atoms with Gasteiger partial charge in [0.05, 0.1) is 10.3 Å². The van der Waals surface area contributed by atoms with Crippen molar-refractivity contribution in [2.24, 2.45) is 0 Å². The van der Waals surface area contributed by atoms with E-state index in [0.29, 0.717) is 23.8 Å². The number of pyridine rings is 1. The fraction of sp³-hybridized carbons (Fsp3) is 0.368. The lowest BCUT2D eigenvalue weighted by atomic mass is 10.3. The van der Waals surface area contributed by atoms with Gasteiger partial charge >= 0.3 is 6.36 Å². The van der Waals surface area contributed by atoms with Crippen LogP contribution in [-0.2, 0) is 14.8 Å². The molecule has 0 radical (unpaired) electrons. The molecule has 1 aromatic carbocycles. The first-order valence-corrected chi connectivity index (χ1v) is 11.6. The molecular weight excluding hydrogens is 455 g/mol. The van der Waals surface area contributed by atoms with Gasteiger partial charge in [-0.15, -0.1) is 13.2 Å². The summed E-state index contributed by atoms with van der Waals surface area (Å²) in [5, 5.41) is 2.45. The molecule has 7 nitrogen and oxygen atoms in total. The van der Waals surface area contributed by atoms with Gasteiger partial charge < -0.3 is 10.1 Å². The predicted octanol–water partition coefficient (Wildman–Crippen LogP) is 4.13. The number of sulfonamides is 1. The van der Waals surface area contributed by atoms with Gasteiger partial charge in [-0.1, -0.05) is 25.6 Å². The van der Waals surface area contributed by atoms with Gasteiger partial charge in [0.2, 0.25) is 15.9 Å². The third-order valence-electron chi connectivity index (χ3n) is 4.07.